The third kappa shape index (κ3) is 5.01. The Morgan fingerprint density at radius 1 is 1.22 bits per heavy atom. The molecule has 138 valence electrons. The van der Waals surface area contributed by atoms with E-state index in [1.165, 1.54) is 0 Å². The number of hydrogen-bond donors (Lipinski definition) is 2. The van der Waals surface area contributed by atoms with Gasteiger partial charge in [0, 0.05) is 16.9 Å². The molecule has 0 saturated carbocycles. The van der Waals surface area contributed by atoms with E-state index in [-0.39, 0.29) is 12.0 Å². The molecule has 2 aromatic carbocycles. The summed E-state index contributed by atoms with van der Waals surface area (Å²) in [6.45, 7) is 1.86. The number of nitrogens with two attached hydrogens (primary N) is 1. The van der Waals surface area contributed by atoms with E-state index < -0.39 is 8.69 Å². The van der Waals surface area contributed by atoms with Gasteiger partial charge in [0.15, 0.2) is 0 Å². The van der Waals surface area contributed by atoms with Crippen LogP contribution >= 0.6 is 20.0 Å². The minimum atomic E-state index is -0.769. The molecular weight excluding hydrogens is 379 g/mol. The number of rotatable bonds is 7. The molecule has 0 spiro atoms. The van der Waals surface area contributed by atoms with Crippen LogP contribution in [0.5, 0.6) is 0 Å². The van der Waals surface area contributed by atoms with E-state index in [1.54, 1.807) is 29.5 Å². The molecule has 1 heterocycles. The van der Waals surface area contributed by atoms with Crippen LogP contribution in [-0.4, -0.2) is 12.0 Å². The fourth-order valence-electron chi connectivity index (χ4n) is 2.70. The number of carbonyl (C=O) groups is 1. The predicted octanol–water partition coefficient (Wildman–Crippen LogP) is 5.14. The molecule has 0 aliphatic heterocycles. The van der Waals surface area contributed by atoms with E-state index in [0.29, 0.717) is 23.4 Å². The highest BCUT2D eigenvalue weighted by molar-refractivity contribution is 7.17. The second-order valence-electron chi connectivity index (χ2n) is 6.15. The Morgan fingerprint density at radius 3 is 2.67 bits per heavy atom. The van der Waals surface area contributed by atoms with Gasteiger partial charge in [-0.1, -0.05) is 24.3 Å². The van der Waals surface area contributed by atoms with Crippen molar-refractivity contribution >= 4 is 37.3 Å². The molecule has 0 saturated heterocycles. The third-order valence-electron chi connectivity index (χ3n) is 4.10. The maximum absolute atomic E-state index is 12.6. The highest BCUT2D eigenvalue weighted by Gasteiger charge is 2.12. The zero-order valence-corrected chi connectivity index (χ0v) is 16.6. The summed E-state index contributed by atoms with van der Waals surface area (Å²) < 4.78 is 15.6. The zero-order chi connectivity index (χ0) is 19.2. The maximum atomic E-state index is 12.6. The van der Waals surface area contributed by atoms with Gasteiger partial charge in [-0.15, -0.1) is 15.9 Å². The molecule has 0 radical (unpaired) electrons. The van der Waals surface area contributed by atoms with Crippen molar-refractivity contribution in [2.24, 2.45) is 0 Å². The van der Waals surface area contributed by atoms with Crippen LogP contribution in [0.1, 0.15) is 22.8 Å². The summed E-state index contributed by atoms with van der Waals surface area (Å²) in [5.74, 6) is -0.220. The number of thiophene rings is 1. The van der Waals surface area contributed by atoms with E-state index in [9.17, 15) is 9.36 Å². The Hall–Kier alpha value is -2.53. The van der Waals surface area contributed by atoms with Gasteiger partial charge in [0.1, 0.15) is 6.10 Å². The SMILES string of the molecule is C[C@H](Cc1ccc(C(=O)Nc2cc(-c3cccs3)ccc2N)cc1)O[PH+]=O. The van der Waals surface area contributed by atoms with Crippen molar-refractivity contribution < 1.29 is 13.9 Å². The fraction of sp³-hybridized carbons (Fsp3) is 0.150. The smallest absolute Gasteiger partial charge is 0.397 e. The van der Waals surface area contributed by atoms with Crippen molar-refractivity contribution in [2.45, 2.75) is 19.4 Å². The van der Waals surface area contributed by atoms with Crippen molar-refractivity contribution in [3.05, 3.63) is 71.1 Å². The van der Waals surface area contributed by atoms with E-state index >= 15 is 0 Å². The topological polar surface area (TPSA) is 81.4 Å². The van der Waals surface area contributed by atoms with E-state index in [0.717, 1.165) is 16.0 Å². The van der Waals surface area contributed by atoms with Crippen LogP contribution in [0.2, 0.25) is 0 Å². The van der Waals surface area contributed by atoms with Gasteiger partial charge in [-0.2, -0.15) is 0 Å². The first-order valence-corrected chi connectivity index (χ1v) is 10.1. The Kier molecular flexibility index (Phi) is 6.35. The molecular formula is C20H20N2O3PS+. The van der Waals surface area contributed by atoms with E-state index in [1.807, 2.05) is 48.7 Å². The molecule has 3 N–H and O–H groups in total. The standard InChI is InChI=1S/C20H19N2O3PS/c1-13(25-26-24)11-14-4-6-15(7-5-14)20(23)22-18-12-16(8-9-17(18)21)19-3-2-10-27-19/h2-10,12-13,26H,11,21H2,1H3/p+1/t13-/m1/s1. The number of anilines is 2. The summed E-state index contributed by atoms with van der Waals surface area (Å²) >= 11 is 1.63. The maximum Gasteiger partial charge on any atom is 0.494 e. The van der Waals surface area contributed by atoms with Crippen molar-refractivity contribution in [3.8, 4) is 10.4 Å². The molecule has 1 amide bonds. The van der Waals surface area contributed by atoms with Gasteiger partial charge in [-0.25, -0.2) is 0 Å². The second kappa shape index (κ2) is 8.91. The van der Waals surface area contributed by atoms with Crippen LogP contribution in [0.25, 0.3) is 10.4 Å². The van der Waals surface area contributed by atoms with Crippen LogP contribution in [0.3, 0.4) is 0 Å². The summed E-state index contributed by atoms with van der Waals surface area (Å²) in [6.07, 6.45) is 0.493. The van der Waals surface area contributed by atoms with Crippen LogP contribution in [0.4, 0.5) is 11.4 Å². The third-order valence-corrected chi connectivity index (χ3v) is 5.51. The molecule has 1 unspecified atom stereocenters. The highest BCUT2D eigenvalue weighted by Crippen LogP contribution is 2.30. The summed E-state index contributed by atoms with van der Waals surface area (Å²) in [7, 11) is -0.769. The van der Waals surface area contributed by atoms with Crippen LogP contribution < -0.4 is 11.1 Å². The van der Waals surface area contributed by atoms with E-state index in [2.05, 4.69) is 5.32 Å². The van der Waals surface area contributed by atoms with Gasteiger partial charge >= 0.3 is 8.69 Å². The highest BCUT2D eigenvalue weighted by atomic mass is 32.1. The minimum Gasteiger partial charge on any atom is -0.397 e. The number of amides is 1. The van der Waals surface area contributed by atoms with Crippen molar-refractivity contribution in [1.29, 1.82) is 0 Å². The first kappa shape index (κ1) is 19.2. The van der Waals surface area contributed by atoms with Crippen molar-refractivity contribution in [3.63, 3.8) is 0 Å². The lowest BCUT2D eigenvalue weighted by atomic mass is 10.1. The molecule has 1 aromatic heterocycles. The number of carbonyl (C=O) groups excluding carboxylic acids is 1. The van der Waals surface area contributed by atoms with Crippen LogP contribution in [-0.2, 0) is 15.5 Å². The summed E-state index contributed by atoms with van der Waals surface area (Å²) in [5.41, 5.74) is 9.70. The van der Waals surface area contributed by atoms with Gasteiger partial charge in [0.2, 0.25) is 0 Å². The number of benzene rings is 2. The predicted molar refractivity (Wildman–Crippen MR) is 112 cm³/mol. The average Bonchev–Trinajstić information content (AvgIpc) is 3.19. The molecule has 0 aliphatic carbocycles. The monoisotopic (exact) mass is 399 g/mol. The average molecular weight is 399 g/mol. The Morgan fingerprint density at radius 2 is 2.00 bits per heavy atom. The molecule has 27 heavy (non-hydrogen) atoms. The van der Waals surface area contributed by atoms with Gasteiger partial charge < -0.3 is 11.1 Å². The Balaban J connectivity index is 1.72. The Bertz CT molecular complexity index is 927. The van der Waals surface area contributed by atoms with Gasteiger partial charge in [0.05, 0.1) is 11.4 Å². The summed E-state index contributed by atoms with van der Waals surface area (Å²) in [5, 5.41) is 4.89. The summed E-state index contributed by atoms with van der Waals surface area (Å²) in [6, 6.07) is 16.9. The van der Waals surface area contributed by atoms with Crippen molar-refractivity contribution in [2.75, 3.05) is 11.1 Å². The molecule has 0 bridgehead atoms. The lowest BCUT2D eigenvalue weighted by molar-refractivity contribution is 0.102. The Labute approximate surface area is 163 Å². The molecule has 7 heteroatoms. The molecule has 5 nitrogen and oxygen atoms in total. The van der Waals surface area contributed by atoms with Crippen LogP contribution in [0, 0.1) is 0 Å². The largest absolute Gasteiger partial charge is 0.494 e. The van der Waals surface area contributed by atoms with Gasteiger partial charge in [-0.05, 0) is 58.3 Å². The molecule has 2 atom stereocenters. The zero-order valence-electron chi connectivity index (χ0n) is 14.8. The quantitative estimate of drug-likeness (QED) is 0.426. The second-order valence-corrected chi connectivity index (χ2v) is 7.50. The minimum absolute atomic E-state index is 0.139. The fourth-order valence-corrected chi connectivity index (χ4v) is 3.67. The molecule has 0 aliphatic rings. The van der Waals surface area contributed by atoms with E-state index in [4.69, 9.17) is 10.3 Å². The lowest BCUT2D eigenvalue weighted by Crippen LogP contribution is -2.13. The van der Waals surface area contributed by atoms with Crippen molar-refractivity contribution in [1.82, 2.24) is 0 Å². The molecule has 3 rings (SSSR count). The molecule has 3 aromatic rings. The van der Waals surface area contributed by atoms with Crippen LogP contribution in [0.15, 0.2) is 60.0 Å². The van der Waals surface area contributed by atoms with Gasteiger partial charge in [0.25, 0.3) is 5.91 Å². The van der Waals surface area contributed by atoms with Gasteiger partial charge in [-0.3, -0.25) is 4.79 Å². The summed E-state index contributed by atoms with van der Waals surface area (Å²) in [4.78, 5) is 13.7. The normalized spacial score (nSPS) is 12.0. The molecule has 0 fully saturated rings. The first-order valence-electron chi connectivity index (χ1n) is 8.43. The lowest BCUT2D eigenvalue weighted by Gasteiger charge is -2.11. The number of nitrogen functional groups attached to an aromatic ring is 1. The number of nitrogens with one attached hydrogen (secondary N) is 1. The number of hydrogen-bond acceptors (Lipinski definition) is 5. The first-order chi connectivity index (χ1) is 13.1.